The van der Waals surface area contributed by atoms with Crippen molar-refractivity contribution in [1.82, 2.24) is 4.90 Å². The zero-order valence-corrected chi connectivity index (χ0v) is 16.8. The molecule has 1 fully saturated rings. The lowest BCUT2D eigenvalue weighted by Crippen LogP contribution is -2.31. The maximum atomic E-state index is 12.8. The van der Waals surface area contributed by atoms with Crippen LogP contribution in [0.25, 0.3) is 5.76 Å². The number of nitrogens with zero attached hydrogens (tertiary/aromatic N) is 2. The van der Waals surface area contributed by atoms with Gasteiger partial charge in [-0.25, -0.2) is 0 Å². The number of aliphatic hydroxyl groups excluding tert-OH is 1. The normalized spacial score (nSPS) is 18.1. The van der Waals surface area contributed by atoms with E-state index >= 15 is 0 Å². The Morgan fingerprint density at radius 2 is 1.80 bits per heavy atom. The summed E-state index contributed by atoms with van der Waals surface area (Å²) in [6.45, 7) is 0.602. The first-order valence-electron chi connectivity index (χ1n) is 9.12. The summed E-state index contributed by atoms with van der Waals surface area (Å²) in [5, 5.41) is 22.3. The van der Waals surface area contributed by atoms with Gasteiger partial charge in [0.05, 0.1) is 16.5 Å². The van der Waals surface area contributed by atoms with Crippen molar-refractivity contribution in [2.45, 2.75) is 12.5 Å². The molecule has 1 atom stereocenters. The molecule has 30 heavy (non-hydrogen) atoms. The Balaban J connectivity index is 2.11. The van der Waals surface area contributed by atoms with Crippen molar-refractivity contribution in [3.05, 3.63) is 80.4 Å². The number of ketones is 1. The van der Waals surface area contributed by atoms with Gasteiger partial charge in [0.2, 0.25) is 0 Å². The predicted molar refractivity (Wildman–Crippen MR) is 110 cm³/mol. The number of ether oxygens (including phenoxy) is 1. The Hall–Kier alpha value is -3.23. The molecule has 1 aliphatic rings. The van der Waals surface area contributed by atoms with Gasteiger partial charge >= 0.3 is 0 Å². The minimum atomic E-state index is -0.877. The number of nitro benzene ring substituents is 1. The molecule has 1 amide bonds. The molecule has 1 aliphatic heterocycles. The molecule has 9 heteroatoms. The third kappa shape index (κ3) is 4.19. The van der Waals surface area contributed by atoms with Gasteiger partial charge in [-0.05, 0) is 48.4 Å². The van der Waals surface area contributed by atoms with Gasteiger partial charge in [0.1, 0.15) is 5.76 Å². The minimum Gasteiger partial charge on any atom is -0.507 e. The number of Topliss-reactive ketones (excluding diaryl/α,β-unsaturated/α-hetero) is 1. The van der Waals surface area contributed by atoms with E-state index in [1.54, 1.807) is 24.3 Å². The number of carbonyl (C=O) groups excluding carboxylic acids is 2. The number of methoxy groups -OCH3 is 1. The summed E-state index contributed by atoms with van der Waals surface area (Å²) in [7, 11) is 1.53. The van der Waals surface area contributed by atoms with Crippen LogP contribution in [0.3, 0.4) is 0 Å². The van der Waals surface area contributed by atoms with Crippen LogP contribution in [0.5, 0.6) is 0 Å². The van der Waals surface area contributed by atoms with Gasteiger partial charge in [0, 0.05) is 43.0 Å². The zero-order chi connectivity index (χ0) is 21.8. The van der Waals surface area contributed by atoms with E-state index in [4.69, 9.17) is 16.3 Å². The SMILES string of the molecule is COCCCN1C(=O)C(=O)/C(=C(/O)c2ccc(Cl)cc2)C1c1ccc([N+](=O)[O-])cc1. The lowest BCUT2D eigenvalue weighted by molar-refractivity contribution is -0.384. The Morgan fingerprint density at radius 3 is 2.37 bits per heavy atom. The quantitative estimate of drug-likeness (QED) is 0.179. The molecule has 0 radical (unpaired) electrons. The number of nitro groups is 1. The van der Waals surface area contributed by atoms with E-state index in [9.17, 15) is 24.8 Å². The molecule has 2 aromatic rings. The van der Waals surface area contributed by atoms with Crippen molar-refractivity contribution in [1.29, 1.82) is 0 Å². The molecule has 0 aromatic heterocycles. The highest BCUT2D eigenvalue weighted by molar-refractivity contribution is 6.46. The highest BCUT2D eigenvalue weighted by Gasteiger charge is 2.45. The number of likely N-dealkylation sites (tertiary alicyclic amines) is 1. The van der Waals surface area contributed by atoms with Crippen LogP contribution in [0.2, 0.25) is 5.02 Å². The van der Waals surface area contributed by atoms with Crippen LogP contribution < -0.4 is 0 Å². The highest BCUT2D eigenvalue weighted by Crippen LogP contribution is 2.39. The number of amides is 1. The summed E-state index contributed by atoms with van der Waals surface area (Å²) in [5.74, 6) is -1.89. The van der Waals surface area contributed by atoms with Gasteiger partial charge in [0.25, 0.3) is 17.4 Å². The number of non-ortho nitro benzene ring substituents is 1. The first kappa shape index (κ1) is 21.5. The summed E-state index contributed by atoms with van der Waals surface area (Å²) in [5.41, 5.74) is 0.621. The van der Waals surface area contributed by atoms with E-state index in [0.29, 0.717) is 29.2 Å². The Kier molecular flexibility index (Phi) is 6.49. The third-order valence-electron chi connectivity index (χ3n) is 4.82. The van der Waals surface area contributed by atoms with Gasteiger partial charge in [-0.3, -0.25) is 19.7 Å². The molecule has 3 rings (SSSR count). The second-order valence-electron chi connectivity index (χ2n) is 6.69. The number of aliphatic hydroxyl groups is 1. The third-order valence-corrected chi connectivity index (χ3v) is 5.08. The van der Waals surface area contributed by atoms with Gasteiger partial charge in [-0.15, -0.1) is 0 Å². The van der Waals surface area contributed by atoms with Crippen LogP contribution >= 0.6 is 11.6 Å². The number of halogens is 1. The number of carbonyl (C=O) groups is 2. The summed E-state index contributed by atoms with van der Waals surface area (Å²) < 4.78 is 5.03. The molecule has 0 spiro atoms. The van der Waals surface area contributed by atoms with Crippen molar-refractivity contribution in [3.8, 4) is 0 Å². The summed E-state index contributed by atoms with van der Waals surface area (Å²) in [6, 6.07) is 10.9. The van der Waals surface area contributed by atoms with E-state index in [1.165, 1.54) is 36.3 Å². The Labute approximate surface area is 177 Å². The first-order chi connectivity index (χ1) is 14.3. The van der Waals surface area contributed by atoms with Crippen LogP contribution in [0.15, 0.2) is 54.1 Å². The molecule has 1 N–H and O–H groups in total. The second-order valence-corrected chi connectivity index (χ2v) is 7.13. The fourth-order valence-corrected chi connectivity index (χ4v) is 3.50. The lowest BCUT2D eigenvalue weighted by Gasteiger charge is -2.25. The zero-order valence-electron chi connectivity index (χ0n) is 16.1. The van der Waals surface area contributed by atoms with Gasteiger partial charge < -0.3 is 14.7 Å². The van der Waals surface area contributed by atoms with Crippen LogP contribution in [0.4, 0.5) is 5.69 Å². The van der Waals surface area contributed by atoms with Crippen molar-refractivity contribution in [2.24, 2.45) is 0 Å². The largest absolute Gasteiger partial charge is 0.507 e. The molecular weight excluding hydrogens is 412 g/mol. The van der Waals surface area contributed by atoms with Gasteiger partial charge in [0.15, 0.2) is 0 Å². The molecular formula is C21H19ClN2O6. The topological polar surface area (TPSA) is 110 Å². The van der Waals surface area contributed by atoms with Gasteiger partial charge in [-0.1, -0.05) is 11.6 Å². The number of rotatable bonds is 7. The van der Waals surface area contributed by atoms with Crippen LogP contribution in [0.1, 0.15) is 23.6 Å². The van der Waals surface area contributed by atoms with E-state index in [-0.39, 0.29) is 23.6 Å². The summed E-state index contributed by atoms with van der Waals surface area (Å²) >= 11 is 5.89. The number of benzene rings is 2. The summed E-state index contributed by atoms with van der Waals surface area (Å²) in [4.78, 5) is 37.3. The molecule has 2 aromatic carbocycles. The van der Waals surface area contributed by atoms with Crippen LogP contribution in [0, 0.1) is 10.1 Å². The molecule has 0 aliphatic carbocycles. The van der Waals surface area contributed by atoms with E-state index < -0.39 is 22.7 Å². The average Bonchev–Trinajstić information content (AvgIpc) is 2.99. The lowest BCUT2D eigenvalue weighted by atomic mass is 9.95. The van der Waals surface area contributed by atoms with Crippen molar-refractivity contribution in [2.75, 3.05) is 20.3 Å². The predicted octanol–water partition coefficient (Wildman–Crippen LogP) is 3.71. The molecule has 0 bridgehead atoms. The number of hydrogen-bond acceptors (Lipinski definition) is 6. The maximum Gasteiger partial charge on any atom is 0.295 e. The van der Waals surface area contributed by atoms with Crippen LogP contribution in [-0.4, -0.2) is 46.9 Å². The average molecular weight is 431 g/mol. The smallest absolute Gasteiger partial charge is 0.295 e. The molecule has 1 unspecified atom stereocenters. The highest BCUT2D eigenvalue weighted by atomic mass is 35.5. The van der Waals surface area contributed by atoms with Crippen molar-refractivity contribution in [3.63, 3.8) is 0 Å². The van der Waals surface area contributed by atoms with Crippen molar-refractivity contribution >= 4 is 34.7 Å². The minimum absolute atomic E-state index is 0.0754. The molecule has 8 nitrogen and oxygen atoms in total. The Bertz CT molecular complexity index is 1000. The van der Waals surface area contributed by atoms with E-state index in [0.717, 1.165) is 0 Å². The van der Waals surface area contributed by atoms with Crippen molar-refractivity contribution < 1.29 is 24.4 Å². The van der Waals surface area contributed by atoms with E-state index in [2.05, 4.69) is 0 Å². The standard InChI is InChI=1S/C21H19ClN2O6/c1-30-12-2-11-23-18(13-5-9-16(10-6-13)24(28)29)17(20(26)21(23)27)19(25)14-3-7-15(22)8-4-14/h3-10,18,25H,2,11-12H2,1H3/b19-17+. The molecule has 0 saturated carbocycles. The first-order valence-corrected chi connectivity index (χ1v) is 9.50. The van der Waals surface area contributed by atoms with Crippen LogP contribution in [-0.2, 0) is 14.3 Å². The fourth-order valence-electron chi connectivity index (χ4n) is 3.38. The summed E-state index contributed by atoms with van der Waals surface area (Å²) in [6.07, 6.45) is 0.480. The monoisotopic (exact) mass is 430 g/mol. The Morgan fingerprint density at radius 1 is 1.17 bits per heavy atom. The maximum absolute atomic E-state index is 12.8. The van der Waals surface area contributed by atoms with Gasteiger partial charge in [-0.2, -0.15) is 0 Å². The number of hydrogen-bond donors (Lipinski definition) is 1. The molecule has 156 valence electrons. The second kappa shape index (κ2) is 9.06. The molecule has 1 saturated heterocycles. The fraction of sp³-hybridized carbons (Fsp3) is 0.238. The van der Waals surface area contributed by atoms with E-state index in [1.807, 2.05) is 0 Å². The molecule has 1 heterocycles.